The predicted octanol–water partition coefficient (Wildman–Crippen LogP) is 2.29. The van der Waals surface area contributed by atoms with E-state index in [9.17, 15) is 4.79 Å². The van der Waals surface area contributed by atoms with Gasteiger partial charge in [0.15, 0.2) is 5.78 Å². The number of ketones is 1. The van der Waals surface area contributed by atoms with Crippen molar-refractivity contribution in [3.05, 3.63) is 34.9 Å². The molecule has 1 heterocycles. The summed E-state index contributed by atoms with van der Waals surface area (Å²) < 4.78 is 10.8. The molecular weight excluding hydrogens is 216 g/mol. The Bertz CT molecular complexity index is 406. The van der Waals surface area contributed by atoms with Gasteiger partial charge in [-0.25, -0.2) is 0 Å². The maximum Gasteiger partial charge on any atom is 0.165 e. The maximum atomic E-state index is 12.1. The second kappa shape index (κ2) is 5.43. The number of Topliss-reactive ketones (excluding diaryl/α,β-unsaturated/α-hetero) is 1. The van der Waals surface area contributed by atoms with Gasteiger partial charge in [0.1, 0.15) is 0 Å². The van der Waals surface area contributed by atoms with Crippen molar-refractivity contribution in [2.45, 2.75) is 26.4 Å². The molecule has 17 heavy (non-hydrogen) atoms. The van der Waals surface area contributed by atoms with Gasteiger partial charge in [0.25, 0.3) is 0 Å². The molecule has 92 valence electrons. The van der Waals surface area contributed by atoms with Crippen LogP contribution in [0.3, 0.4) is 0 Å². The molecule has 0 aromatic heterocycles. The summed E-state index contributed by atoms with van der Waals surface area (Å²) in [5.74, 6) is 0.137. The molecule has 0 saturated carbocycles. The van der Waals surface area contributed by atoms with E-state index in [-0.39, 0.29) is 11.9 Å². The van der Waals surface area contributed by atoms with E-state index in [0.29, 0.717) is 26.2 Å². The summed E-state index contributed by atoms with van der Waals surface area (Å²) in [4.78, 5) is 12.1. The van der Waals surface area contributed by atoms with E-state index in [1.807, 2.05) is 32.0 Å². The summed E-state index contributed by atoms with van der Waals surface area (Å²) >= 11 is 0. The van der Waals surface area contributed by atoms with Crippen molar-refractivity contribution in [2.75, 3.05) is 19.8 Å². The number of benzene rings is 1. The van der Waals surface area contributed by atoms with Crippen LogP contribution >= 0.6 is 0 Å². The lowest BCUT2D eigenvalue weighted by molar-refractivity contribution is -0.0868. The Hall–Kier alpha value is -1.19. The fourth-order valence-electron chi connectivity index (χ4n) is 2.10. The number of ether oxygens (including phenoxy) is 2. The summed E-state index contributed by atoms with van der Waals surface area (Å²) in [6.07, 6.45) is 0.320. The van der Waals surface area contributed by atoms with Gasteiger partial charge in [-0.3, -0.25) is 4.79 Å². The zero-order chi connectivity index (χ0) is 12.3. The molecule has 0 spiro atoms. The van der Waals surface area contributed by atoms with Gasteiger partial charge in [-0.1, -0.05) is 23.8 Å². The average molecular weight is 234 g/mol. The van der Waals surface area contributed by atoms with E-state index in [1.54, 1.807) is 0 Å². The van der Waals surface area contributed by atoms with Crippen molar-refractivity contribution in [2.24, 2.45) is 0 Å². The first-order chi connectivity index (χ1) is 8.16. The van der Waals surface area contributed by atoms with Crippen LogP contribution in [0.25, 0.3) is 0 Å². The molecule has 1 aliphatic heterocycles. The lowest BCUT2D eigenvalue weighted by Crippen LogP contribution is -2.30. The van der Waals surface area contributed by atoms with E-state index in [0.717, 1.165) is 11.1 Å². The van der Waals surface area contributed by atoms with Gasteiger partial charge in [-0.2, -0.15) is 0 Å². The highest BCUT2D eigenvalue weighted by atomic mass is 16.6. The molecule has 1 saturated heterocycles. The molecule has 1 fully saturated rings. The fraction of sp³-hybridized carbons (Fsp3) is 0.500. The third kappa shape index (κ3) is 3.14. The van der Waals surface area contributed by atoms with Crippen LogP contribution < -0.4 is 0 Å². The van der Waals surface area contributed by atoms with E-state index in [2.05, 4.69) is 0 Å². The zero-order valence-electron chi connectivity index (χ0n) is 10.4. The van der Waals surface area contributed by atoms with Crippen LogP contribution in [0, 0.1) is 13.8 Å². The molecule has 2 rings (SSSR count). The first-order valence-electron chi connectivity index (χ1n) is 5.96. The average Bonchev–Trinajstić information content (AvgIpc) is 2.30. The Morgan fingerprint density at radius 1 is 1.35 bits per heavy atom. The Morgan fingerprint density at radius 3 is 2.82 bits per heavy atom. The fourth-order valence-corrected chi connectivity index (χ4v) is 2.10. The van der Waals surface area contributed by atoms with Gasteiger partial charge < -0.3 is 9.47 Å². The molecule has 0 N–H and O–H groups in total. The van der Waals surface area contributed by atoms with Crippen molar-refractivity contribution in [3.63, 3.8) is 0 Å². The Kier molecular flexibility index (Phi) is 3.92. The number of carbonyl (C=O) groups is 1. The van der Waals surface area contributed by atoms with Crippen LogP contribution in [-0.2, 0) is 9.47 Å². The molecule has 3 heteroatoms. The topological polar surface area (TPSA) is 35.5 Å². The van der Waals surface area contributed by atoms with Gasteiger partial charge in [0.05, 0.1) is 25.9 Å². The van der Waals surface area contributed by atoms with E-state index in [1.165, 1.54) is 5.56 Å². The number of carbonyl (C=O) groups excluding carboxylic acids is 1. The van der Waals surface area contributed by atoms with Crippen molar-refractivity contribution in [3.8, 4) is 0 Å². The van der Waals surface area contributed by atoms with E-state index < -0.39 is 0 Å². The Morgan fingerprint density at radius 2 is 2.18 bits per heavy atom. The molecule has 0 aliphatic carbocycles. The molecule has 0 unspecified atom stereocenters. The third-order valence-electron chi connectivity index (χ3n) is 2.98. The minimum Gasteiger partial charge on any atom is -0.376 e. The van der Waals surface area contributed by atoms with Crippen molar-refractivity contribution in [1.82, 2.24) is 0 Å². The molecule has 1 aromatic carbocycles. The van der Waals surface area contributed by atoms with Crippen LogP contribution in [0.15, 0.2) is 18.2 Å². The quantitative estimate of drug-likeness (QED) is 0.753. The summed E-state index contributed by atoms with van der Waals surface area (Å²) in [6, 6.07) is 5.90. The highest BCUT2D eigenvalue weighted by Gasteiger charge is 2.19. The largest absolute Gasteiger partial charge is 0.376 e. The minimum absolute atomic E-state index is 0.0862. The highest BCUT2D eigenvalue weighted by Crippen LogP contribution is 2.15. The smallest absolute Gasteiger partial charge is 0.165 e. The molecule has 0 radical (unpaired) electrons. The number of aryl methyl sites for hydroxylation is 2. The van der Waals surface area contributed by atoms with Gasteiger partial charge in [0.2, 0.25) is 0 Å². The van der Waals surface area contributed by atoms with Crippen molar-refractivity contribution < 1.29 is 14.3 Å². The normalized spacial score (nSPS) is 20.2. The Balaban J connectivity index is 2.03. The molecular formula is C14H18O3. The molecule has 1 aromatic rings. The molecule has 1 atom stereocenters. The second-order valence-corrected chi connectivity index (χ2v) is 4.51. The monoisotopic (exact) mass is 234 g/mol. The third-order valence-corrected chi connectivity index (χ3v) is 2.98. The minimum atomic E-state index is -0.0862. The summed E-state index contributed by atoms with van der Waals surface area (Å²) in [5.41, 5.74) is 3.01. The molecule has 1 aliphatic rings. The van der Waals surface area contributed by atoms with Crippen molar-refractivity contribution >= 4 is 5.78 Å². The second-order valence-electron chi connectivity index (χ2n) is 4.51. The van der Waals surface area contributed by atoms with Gasteiger partial charge in [-0.15, -0.1) is 0 Å². The van der Waals surface area contributed by atoms with Crippen LogP contribution in [0.4, 0.5) is 0 Å². The standard InChI is InChI=1S/C14H18O3/c1-10-3-4-13(11(2)7-10)14(15)8-12-9-16-5-6-17-12/h3-4,7,12H,5-6,8-9H2,1-2H3/t12-/m0/s1. The summed E-state index contributed by atoms with van der Waals surface area (Å²) in [5, 5.41) is 0. The molecule has 0 bridgehead atoms. The van der Waals surface area contributed by atoms with Crippen LogP contribution in [0.5, 0.6) is 0 Å². The number of hydrogen-bond acceptors (Lipinski definition) is 3. The zero-order valence-corrected chi connectivity index (χ0v) is 10.4. The van der Waals surface area contributed by atoms with Gasteiger partial charge >= 0.3 is 0 Å². The highest BCUT2D eigenvalue weighted by molar-refractivity contribution is 5.97. The molecule has 0 amide bonds. The van der Waals surface area contributed by atoms with Gasteiger partial charge in [-0.05, 0) is 19.4 Å². The summed E-state index contributed by atoms with van der Waals surface area (Å²) in [6.45, 7) is 5.74. The maximum absolute atomic E-state index is 12.1. The SMILES string of the molecule is Cc1ccc(C(=O)C[C@H]2COCCO2)c(C)c1. The first-order valence-corrected chi connectivity index (χ1v) is 5.96. The molecule has 3 nitrogen and oxygen atoms in total. The number of rotatable bonds is 3. The van der Waals surface area contributed by atoms with Crippen LogP contribution in [0.1, 0.15) is 27.9 Å². The first kappa shape index (κ1) is 12.3. The van der Waals surface area contributed by atoms with Crippen LogP contribution in [0.2, 0.25) is 0 Å². The lowest BCUT2D eigenvalue weighted by Gasteiger charge is -2.22. The van der Waals surface area contributed by atoms with E-state index in [4.69, 9.17) is 9.47 Å². The Labute approximate surface area is 102 Å². The van der Waals surface area contributed by atoms with E-state index >= 15 is 0 Å². The lowest BCUT2D eigenvalue weighted by atomic mass is 9.99. The predicted molar refractivity (Wildman–Crippen MR) is 65.4 cm³/mol. The van der Waals surface area contributed by atoms with Gasteiger partial charge in [0, 0.05) is 12.0 Å². The van der Waals surface area contributed by atoms with Crippen LogP contribution in [-0.4, -0.2) is 31.7 Å². The number of hydrogen-bond donors (Lipinski definition) is 0. The van der Waals surface area contributed by atoms with Crippen molar-refractivity contribution in [1.29, 1.82) is 0 Å². The summed E-state index contributed by atoms with van der Waals surface area (Å²) in [7, 11) is 0.